The summed E-state index contributed by atoms with van der Waals surface area (Å²) in [5, 5.41) is 4.46. The van der Waals surface area contributed by atoms with Crippen LogP contribution >= 0.6 is 0 Å². The van der Waals surface area contributed by atoms with Gasteiger partial charge in [-0.3, -0.25) is 9.48 Å². The molecule has 2 rings (SSSR count). The molecule has 1 atom stereocenters. The standard InChI is InChI=1S/C12H21N5O/c1-7(2)10-9(13)12(16(3)15-10)17-5-4-8(6-17)11(14)18/h7-8H,4-6,13H2,1-3H3,(H2,14,18). The fourth-order valence-corrected chi connectivity index (χ4v) is 2.54. The summed E-state index contributed by atoms with van der Waals surface area (Å²) in [6.45, 7) is 5.57. The molecule has 0 bridgehead atoms. The molecule has 1 aliphatic heterocycles. The summed E-state index contributed by atoms with van der Waals surface area (Å²) < 4.78 is 1.80. The van der Waals surface area contributed by atoms with Crippen molar-refractivity contribution in [1.29, 1.82) is 0 Å². The van der Waals surface area contributed by atoms with Crippen LogP contribution in [0.25, 0.3) is 0 Å². The van der Waals surface area contributed by atoms with Gasteiger partial charge in [0.15, 0.2) is 0 Å². The van der Waals surface area contributed by atoms with Crippen molar-refractivity contribution in [2.24, 2.45) is 18.7 Å². The molecule has 18 heavy (non-hydrogen) atoms. The molecule has 4 N–H and O–H groups in total. The maximum absolute atomic E-state index is 11.2. The first-order chi connectivity index (χ1) is 8.41. The molecule has 1 aromatic heterocycles. The van der Waals surface area contributed by atoms with Crippen molar-refractivity contribution in [2.45, 2.75) is 26.2 Å². The van der Waals surface area contributed by atoms with Gasteiger partial charge < -0.3 is 16.4 Å². The van der Waals surface area contributed by atoms with Crippen LogP contribution in [-0.2, 0) is 11.8 Å². The molecule has 1 aromatic rings. The molecule has 1 unspecified atom stereocenters. The van der Waals surface area contributed by atoms with Gasteiger partial charge in [-0.25, -0.2) is 0 Å². The number of amides is 1. The molecule has 1 amide bonds. The highest BCUT2D eigenvalue weighted by Crippen LogP contribution is 2.33. The number of aryl methyl sites for hydroxylation is 1. The molecule has 100 valence electrons. The monoisotopic (exact) mass is 251 g/mol. The predicted octanol–water partition coefficient (Wildman–Crippen LogP) is 0.437. The number of nitrogens with zero attached hydrogens (tertiary/aromatic N) is 3. The van der Waals surface area contributed by atoms with Gasteiger partial charge in [-0.05, 0) is 12.3 Å². The van der Waals surface area contributed by atoms with Gasteiger partial charge in [0.2, 0.25) is 5.91 Å². The minimum absolute atomic E-state index is 0.0817. The van der Waals surface area contributed by atoms with E-state index in [9.17, 15) is 4.79 Å². The third-order valence-corrected chi connectivity index (χ3v) is 3.52. The number of hydrogen-bond acceptors (Lipinski definition) is 4. The Balaban J connectivity index is 2.27. The number of hydrogen-bond donors (Lipinski definition) is 2. The lowest BCUT2D eigenvalue weighted by atomic mass is 10.1. The van der Waals surface area contributed by atoms with Crippen LogP contribution in [0, 0.1) is 5.92 Å². The first-order valence-electron chi connectivity index (χ1n) is 6.28. The van der Waals surface area contributed by atoms with Crippen LogP contribution in [0.5, 0.6) is 0 Å². The quantitative estimate of drug-likeness (QED) is 0.815. The van der Waals surface area contributed by atoms with Crippen LogP contribution in [0.1, 0.15) is 31.9 Å². The Morgan fingerprint density at radius 1 is 1.50 bits per heavy atom. The summed E-state index contributed by atoms with van der Waals surface area (Å²) in [7, 11) is 1.88. The van der Waals surface area contributed by atoms with Gasteiger partial charge >= 0.3 is 0 Å². The highest BCUT2D eigenvalue weighted by Gasteiger charge is 2.30. The molecule has 6 heteroatoms. The fraction of sp³-hybridized carbons (Fsp3) is 0.667. The van der Waals surface area contributed by atoms with E-state index in [4.69, 9.17) is 11.5 Å². The van der Waals surface area contributed by atoms with Crippen molar-refractivity contribution in [2.75, 3.05) is 23.7 Å². The number of nitrogens with two attached hydrogens (primary N) is 2. The number of anilines is 2. The zero-order valence-electron chi connectivity index (χ0n) is 11.2. The highest BCUT2D eigenvalue weighted by atomic mass is 16.1. The lowest BCUT2D eigenvalue weighted by Gasteiger charge is -2.18. The predicted molar refractivity (Wildman–Crippen MR) is 71.2 cm³/mol. The Morgan fingerprint density at radius 2 is 2.17 bits per heavy atom. The van der Waals surface area contributed by atoms with Crippen LogP contribution in [0.15, 0.2) is 0 Å². The summed E-state index contributed by atoms with van der Waals surface area (Å²) in [6.07, 6.45) is 0.789. The van der Waals surface area contributed by atoms with Crippen molar-refractivity contribution >= 4 is 17.4 Å². The molecule has 1 fully saturated rings. The van der Waals surface area contributed by atoms with Gasteiger partial charge in [-0.2, -0.15) is 5.10 Å². The number of primary amides is 1. The number of nitrogen functional groups attached to an aromatic ring is 1. The van der Waals surface area contributed by atoms with Crippen molar-refractivity contribution < 1.29 is 4.79 Å². The second-order valence-corrected chi connectivity index (χ2v) is 5.23. The number of carbonyl (C=O) groups excluding carboxylic acids is 1. The topological polar surface area (TPSA) is 90.2 Å². The second kappa shape index (κ2) is 4.51. The Bertz CT molecular complexity index is 465. The van der Waals surface area contributed by atoms with Crippen molar-refractivity contribution in [3.05, 3.63) is 5.69 Å². The molecule has 0 radical (unpaired) electrons. The van der Waals surface area contributed by atoms with E-state index in [1.54, 1.807) is 4.68 Å². The highest BCUT2D eigenvalue weighted by molar-refractivity contribution is 5.79. The van der Waals surface area contributed by atoms with Gasteiger partial charge in [0.05, 0.1) is 17.3 Å². The lowest BCUT2D eigenvalue weighted by Crippen LogP contribution is -2.28. The van der Waals surface area contributed by atoms with Crippen molar-refractivity contribution in [3.8, 4) is 0 Å². The molecule has 1 saturated heterocycles. The minimum Gasteiger partial charge on any atom is -0.394 e. The molecule has 0 aromatic carbocycles. The van der Waals surface area contributed by atoms with E-state index < -0.39 is 0 Å². The normalized spacial score (nSPS) is 19.8. The van der Waals surface area contributed by atoms with Gasteiger partial charge in [0, 0.05) is 20.1 Å². The number of rotatable bonds is 3. The first kappa shape index (κ1) is 12.7. The van der Waals surface area contributed by atoms with E-state index in [0.29, 0.717) is 12.5 Å². The van der Waals surface area contributed by atoms with Crippen LogP contribution in [-0.4, -0.2) is 28.8 Å². The van der Waals surface area contributed by atoms with Crippen LogP contribution in [0.2, 0.25) is 0 Å². The van der Waals surface area contributed by atoms with E-state index in [0.717, 1.165) is 30.2 Å². The molecule has 2 heterocycles. The number of carbonyl (C=O) groups is 1. The third kappa shape index (κ3) is 2.02. The SMILES string of the molecule is CC(C)c1nn(C)c(N2CCC(C(N)=O)C2)c1N. The maximum Gasteiger partial charge on any atom is 0.222 e. The Kier molecular flexibility index (Phi) is 3.19. The first-order valence-corrected chi connectivity index (χ1v) is 6.28. The van der Waals surface area contributed by atoms with Gasteiger partial charge in [0.1, 0.15) is 5.82 Å². The van der Waals surface area contributed by atoms with Gasteiger partial charge in [-0.15, -0.1) is 0 Å². The molecule has 0 spiro atoms. The van der Waals surface area contributed by atoms with Crippen molar-refractivity contribution in [3.63, 3.8) is 0 Å². The summed E-state index contributed by atoms with van der Waals surface area (Å²) in [4.78, 5) is 13.3. The minimum atomic E-state index is -0.234. The molecule has 0 saturated carbocycles. The van der Waals surface area contributed by atoms with Gasteiger partial charge in [0.25, 0.3) is 0 Å². The molecule has 6 nitrogen and oxygen atoms in total. The summed E-state index contributed by atoms with van der Waals surface area (Å²) in [5.41, 5.74) is 13.1. The van der Waals surface area contributed by atoms with E-state index in [2.05, 4.69) is 23.8 Å². The maximum atomic E-state index is 11.2. The lowest BCUT2D eigenvalue weighted by molar-refractivity contribution is -0.121. The average molecular weight is 251 g/mol. The van der Waals surface area contributed by atoms with Gasteiger partial charge in [-0.1, -0.05) is 13.8 Å². The smallest absolute Gasteiger partial charge is 0.222 e. The Labute approximate surface area is 107 Å². The Morgan fingerprint density at radius 3 is 2.61 bits per heavy atom. The van der Waals surface area contributed by atoms with E-state index in [1.807, 2.05) is 7.05 Å². The van der Waals surface area contributed by atoms with Crippen LogP contribution in [0.4, 0.5) is 11.5 Å². The largest absolute Gasteiger partial charge is 0.394 e. The van der Waals surface area contributed by atoms with Crippen molar-refractivity contribution in [1.82, 2.24) is 9.78 Å². The molecular formula is C12H21N5O. The molecular weight excluding hydrogens is 230 g/mol. The van der Waals surface area contributed by atoms with Crippen LogP contribution in [0.3, 0.4) is 0 Å². The van der Waals surface area contributed by atoms with E-state index >= 15 is 0 Å². The Hall–Kier alpha value is -1.72. The summed E-state index contributed by atoms with van der Waals surface area (Å²) >= 11 is 0. The average Bonchev–Trinajstić information content (AvgIpc) is 2.83. The summed E-state index contributed by atoms with van der Waals surface area (Å²) in [6, 6.07) is 0. The van der Waals surface area contributed by atoms with Crippen LogP contribution < -0.4 is 16.4 Å². The molecule has 0 aliphatic carbocycles. The van der Waals surface area contributed by atoms with E-state index in [1.165, 1.54) is 0 Å². The zero-order valence-corrected chi connectivity index (χ0v) is 11.2. The fourth-order valence-electron chi connectivity index (χ4n) is 2.54. The number of aromatic nitrogens is 2. The second-order valence-electron chi connectivity index (χ2n) is 5.23. The third-order valence-electron chi connectivity index (χ3n) is 3.52. The molecule has 1 aliphatic rings. The summed E-state index contributed by atoms with van der Waals surface area (Å²) in [5.74, 6) is 0.881. The van der Waals surface area contributed by atoms with E-state index in [-0.39, 0.29) is 11.8 Å². The zero-order chi connectivity index (χ0) is 13.4.